The number of nitrogens with two attached hydrogens (primary N) is 1. The van der Waals surface area contributed by atoms with Crippen molar-refractivity contribution in [1.29, 1.82) is 0 Å². The maximum absolute atomic E-state index is 10.1. The molecule has 0 saturated carbocycles. The third-order valence-corrected chi connectivity index (χ3v) is 3.99. The van der Waals surface area contributed by atoms with E-state index in [1.54, 1.807) is 0 Å². The minimum atomic E-state index is -0.663. The van der Waals surface area contributed by atoms with Crippen LogP contribution in [0.3, 0.4) is 0 Å². The first-order valence-corrected chi connectivity index (χ1v) is 8.76. The van der Waals surface area contributed by atoms with Crippen molar-refractivity contribution in [1.82, 2.24) is 0 Å². The van der Waals surface area contributed by atoms with E-state index >= 15 is 0 Å². The Balaban J connectivity index is 0. The minimum Gasteiger partial charge on any atom is -0.481 e. The van der Waals surface area contributed by atoms with Crippen LogP contribution in [0.2, 0.25) is 0 Å². The molecule has 1 unspecified atom stereocenters. The summed E-state index contributed by atoms with van der Waals surface area (Å²) in [4.78, 5) is 10.1. The van der Waals surface area contributed by atoms with Gasteiger partial charge in [-0.2, -0.15) is 0 Å². The Morgan fingerprint density at radius 1 is 1.00 bits per heavy atom. The molecule has 21 heavy (non-hydrogen) atoms. The molecule has 0 amide bonds. The molecule has 0 aliphatic heterocycles. The van der Waals surface area contributed by atoms with Gasteiger partial charge in [0.1, 0.15) is 0 Å². The second-order valence-corrected chi connectivity index (χ2v) is 6.78. The molecule has 0 heterocycles. The first kappa shape index (κ1) is 22.7. The number of carboxylic acids is 1. The normalized spacial score (nSPS) is 12.5. The fraction of sp³-hybridized carbons (Fsp3) is 0.944. The van der Waals surface area contributed by atoms with Crippen molar-refractivity contribution in [2.24, 2.45) is 11.7 Å². The third-order valence-electron chi connectivity index (χ3n) is 3.99. The Morgan fingerprint density at radius 3 is 1.81 bits per heavy atom. The van der Waals surface area contributed by atoms with E-state index in [4.69, 9.17) is 10.8 Å². The first-order chi connectivity index (χ1) is 9.75. The monoisotopic (exact) mass is 301 g/mol. The van der Waals surface area contributed by atoms with Crippen LogP contribution in [0.4, 0.5) is 0 Å². The van der Waals surface area contributed by atoms with E-state index in [9.17, 15) is 4.79 Å². The zero-order valence-electron chi connectivity index (χ0n) is 15.1. The summed E-state index contributed by atoms with van der Waals surface area (Å²) in [6.45, 7) is 10.8. The predicted octanol–water partition coefficient (Wildman–Crippen LogP) is 5.37. The van der Waals surface area contributed by atoms with Crippen LogP contribution >= 0.6 is 0 Å². The standard InChI is InChI=1S/C10H20O2.C8H19N/c1-2-3-4-5-6-7-8-9-10(11)12;1-5-6-7(2)8(3,4)9/h2-9H2,1H3,(H,11,12);7H,5-6,9H2,1-4H3. The van der Waals surface area contributed by atoms with Crippen molar-refractivity contribution in [3.63, 3.8) is 0 Å². The largest absolute Gasteiger partial charge is 0.481 e. The van der Waals surface area contributed by atoms with E-state index in [1.165, 1.54) is 44.9 Å². The fourth-order valence-electron chi connectivity index (χ4n) is 2.04. The smallest absolute Gasteiger partial charge is 0.303 e. The summed E-state index contributed by atoms with van der Waals surface area (Å²) in [6.07, 6.45) is 11.1. The Bertz CT molecular complexity index is 234. The van der Waals surface area contributed by atoms with Gasteiger partial charge in [-0.25, -0.2) is 0 Å². The van der Waals surface area contributed by atoms with Gasteiger partial charge in [-0.3, -0.25) is 4.79 Å². The zero-order valence-corrected chi connectivity index (χ0v) is 15.1. The van der Waals surface area contributed by atoms with Gasteiger partial charge >= 0.3 is 5.97 Å². The van der Waals surface area contributed by atoms with E-state index in [2.05, 4.69) is 34.6 Å². The molecule has 0 aromatic carbocycles. The highest BCUT2D eigenvalue weighted by molar-refractivity contribution is 5.66. The number of aliphatic carboxylic acids is 1. The molecule has 1 atom stereocenters. The van der Waals surface area contributed by atoms with E-state index in [1.807, 2.05) is 0 Å². The second-order valence-electron chi connectivity index (χ2n) is 6.78. The zero-order chi connectivity index (χ0) is 16.7. The van der Waals surface area contributed by atoms with Crippen molar-refractivity contribution in [2.75, 3.05) is 0 Å². The number of unbranched alkanes of at least 4 members (excludes halogenated alkanes) is 6. The van der Waals surface area contributed by atoms with Crippen LogP contribution in [0.25, 0.3) is 0 Å². The van der Waals surface area contributed by atoms with Gasteiger partial charge in [-0.05, 0) is 32.6 Å². The van der Waals surface area contributed by atoms with Gasteiger partial charge in [0.25, 0.3) is 0 Å². The van der Waals surface area contributed by atoms with Gasteiger partial charge in [0, 0.05) is 12.0 Å². The summed E-state index contributed by atoms with van der Waals surface area (Å²) in [6, 6.07) is 0. The van der Waals surface area contributed by atoms with Crippen LogP contribution in [-0.2, 0) is 4.79 Å². The number of carboxylic acid groups (broad SMARTS) is 1. The lowest BCUT2D eigenvalue weighted by atomic mass is 9.87. The van der Waals surface area contributed by atoms with Crippen LogP contribution in [0.5, 0.6) is 0 Å². The van der Waals surface area contributed by atoms with Crippen molar-refractivity contribution in [3.05, 3.63) is 0 Å². The molecule has 0 fully saturated rings. The van der Waals surface area contributed by atoms with Gasteiger partial charge in [-0.1, -0.05) is 65.7 Å². The van der Waals surface area contributed by atoms with Crippen LogP contribution in [0, 0.1) is 5.92 Å². The van der Waals surface area contributed by atoms with Gasteiger partial charge in [0.15, 0.2) is 0 Å². The summed E-state index contributed by atoms with van der Waals surface area (Å²) in [5, 5.41) is 8.35. The van der Waals surface area contributed by atoms with Crippen LogP contribution < -0.4 is 5.73 Å². The molecule has 0 spiro atoms. The molecule has 0 aliphatic carbocycles. The summed E-state index contributed by atoms with van der Waals surface area (Å²) in [5.74, 6) is -0.0222. The first-order valence-electron chi connectivity index (χ1n) is 8.76. The van der Waals surface area contributed by atoms with Crippen molar-refractivity contribution >= 4 is 5.97 Å². The van der Waals surface area contributed by atoms with E-state index < -0.39 is 5.97 Å². The molecule has 0 saturated heterocycles. The second kappa shape index (κ2) is 14.4. The molecule has 0 radical (unpaired) electrons. The number of hydrogen-bond donors (Lipinski definition) is 2. The van der Waals surface area contributed by atoms with E-state index in [0.29, 0.717) is 12.3 Å². The molecule has 0 aromatic rings. The molecular weight excluding hydrogens is 262 g/mol. The highest BCUT2D eigenvalue weighted by atomic mass is 16.4. The quantitative estimate of drug-likeness (QED) is 0.504. The van der Waals surface area contributed by atoms with Crippen LogP contribution in [0.1, 0.15) is 98.8 Å². The van der Waals surface area contributed by atoms with E-state index in [-0.39, 0.29) is 5.54 Å². The van der Waals surface area contributed by atoms with Crippen molar-refractivity contribution < 1.29 is 9.90 Å². The van der Waals surface area contributed by atoms with Gasteiger partial charge in [0.05, 0.1) is 0 Å². The number of carbonyl (C=O) groups is 1. The lowest BCUT2D eigenvalue weighted by Crippen LogP contribution is -2.39. The Kier molecular flexibility index (Phi) is 15.5. The predicted molar refractivity (Wildman–Crippen MR) is 92.6 cm³/mol. The molecule has 3 heteroatoms. The lowest BCUT2D eigenvalue weighted by Gasteiger charge is -2.26. The Labute approximate surface area is 132 Å². The SMILES string of the molecule is CCCC(C)C(C)(C)N.CCCCCCCCCC(=O)O. The average molecular weight is 302 g/mol. The number of rotatable bonds is 11. The Morgan fingerprint density at radius 2 is 1.48 bits per heavy atom. The lowest BCUT2D eigenvalue weighted by molar-refractivity contribution is -0.137. The third kappa shape index (κ3) is 19.4. The van der Waals surface area contributed by atoms with Crippen molar-refractivity contribution in [3.8, 4) is 0 Å². The fourth-order valence-corrected chi connectivity index (χ4v) is 2.04. The van der Waals surface area contributed by atoms with Gasteiger partial charge in [0.2, 0.25) is 0 Å². The molecule has 0 aromatic heterocycles. The molecular formula is C18H39NO2. The summed E-state index contributed by atoms with van der Waals surface area (Å²) >= 11 is 0. The maximum Gasteiger partial charge on any atom is 0.303 e. The van der Waals surface area contributed by atoms with Crippen LogP contribution in [-0.4, -0.2) is 16.6 Å². The molecule has 128 valence electrons. The van der Waals surface area contributed by atoms with Crippen LogP contribution in [0.15, 0.2) is 0 Å². The molecule has 0 bridgehead atoms. The summed E-state index contributed by atoms with van der Waals surface area (Å²) < 4.78 is 0. The van der Waals surface area contributed by atoms with Crippen molar-refractivity contribution in [2.45, 2.75) is 104 Å². The van der Waals surface area contributed by atoms with E-state index in [0.717, 1.165) is 12.8 Å². The number of hydrogen-bond acceptors (Lipinski definition) is 2. The molecule has 3 N–H and O–H groups in total. The average Bonchev–Trinajstić information content (AvgIpc) is 2.37. The highest BCUT2D eigenvalue weighted by Gasteiger charge is 2.18. The Hall–Kier alpha value is -0.570. The minimum absolute atomic E-state index is 0.00993. The summed E-state index contributed by atoms with van der Waals surface area (Å²) in [7, 11) is 0. The van der Waals surface area contributed by atoms with Gasteiger partial charge < -0.3 is 10.8 Å². The van der Waals surface area contributed by atoms with Gasteiger partial charge in [-0.15, -0.1) is 0 Å². The molecule has 0 rings (SSSR count). The topological polar surface area (TPSA) is 63.3 Å². The summed E-state index contributed by atoms with van der Waals surface area (Å²) in [5.41, 5.74) is 5.87. The molecule has 3 nitrogen and oxygen atoms in total. The maximum atomic E-state index is 10.1. The highest BCUT2D eigenvalue weighted by Crippen LogP contribution is 2.17. The molecule has 0 aliphatic rings.